The first kappa shape index (κ1) is 15.4. The van der Waals surface area contributed by atoms with Gasteiger partial charge in [0.15, 0.2) is 5.58 Å². The van der Waals surface area contributed by atoms with Gasteiger partial charge in [-0.1, -0.05) is 23.9 Å². The molecule has 0 saturated carbocycles. The average Bonchev–Trinajstić information content (AvgIpc) is 2.96. The number of benzene rings is 2. The number of carbonyl (C=O) groups is 1. The van der Waals surface area contributed by atoms with E-state index >= 15 is 0 Å². The lowest BCUT2D eigenvalue weighted by Gasteiger charge is -2.12. The molecule has 0 atom stereocenters. The second-order valence-electron chi connectivity index (χ2n) is 5.23. The summed E-state index contributed by atoms with van der Waals surface area (Å²) in [5.74, 6) is 0.164. The van der Waals surface area contributed by atoms with Gasteiger partial charge in [-0.25, -0.2) is 4.98 Å². The lowest BCUT2D eigenvalue weighted by Crippen LogP contribution is -2.14. The number of nitrogens with one attached hydrogen (secondary N) is 1. The summed E-state index contributed by atoms with van der Waals surface area (Å²) in [4.78, 5) is 18.4. The minimum absolute atomic E-state index is 0.0881. The quantitative estimate of drug-likeness (QED) is 0.725. The van der Waals surface area contributed by atoms with Gasteiger partial charge in [0.1, 0.15) is 5.52 Å². The van der Waals surface area contributed by atoms with Gasteiger partial charge in [-0.3, -0.25) is 4.79 Å². The number of hydrogen-bond donors (Lipinski definition) is 1. The van der Waals surface area contributed by atoms with Gasteiger partial charge in [-0.05, 0) is 36.4 Å². The molecule has 0 spiro atoms. The predicted molar refractivity (Wildman–Crippen MR) is 94.1 cm³/mol. The molecule has 118 valence electrons. The summed E-state index contributed by atoms with van der Waals surface area (Å²) in [7, 11) is 3.95. The van der Waals surface area contributed by atoms with E-state index in [0.717, 1.165) is 22.5 Å². The molecular formula is C17H17N3O2S. The molecule has 0 aliphatic heterocycles. The van der Waals surface area contributed by atoms with Gasteiger partial charge in [0, 0.05) is 25.5 Å². The number of carbonyl (C=O) groups excluding carboxylic acids is 1. The summed E-state index contributed by atoms with van der Waals surface area (Å²) in [5.41, 5.74) is 3.40. The Balaban J connectivity index is 1.56. The summed E-state index contributed by atoms with van der Waals surface area (Å²) < 4.78 is 5.58. The molecule has 2 aromatic carbocycles. The Bertz CT molecular complexity index is 779. The Morgan fingerprint density at radius 3 is 2.61 bits per heavy atom. The zero-order chi connectivity index (χ0) is 16.2. The van der Waals surface area contributed by atoms with Gasteiger partial charge in [-0.15, -0.1) is 0 Å². The second-order valence-corrected chi connectivity index (χ2v) is 6.15. The summed E-state index contributed by atoms with van der Waals surface area (Å²) in [6.45, 7) is 0. The standard InChI is InChI=1S/C17H17N3O2S/c1-20(2)13-9-7-12(8-10-13)18-16(21)11-23-17-19-14-5-3-4-6-15(14)22-17/h3-10H,11H2,1-2H3,(H,18,21). The summed E-state index contributed by atoms with van der Waals surface area (Å²) in [6, 6.07) is 15.2. The molecule has 3 aromatic rings. The molecule has 0 aliphatic rings. The maximum Gasteiger partial charge on any atom is 0.257 e. The second kappa shape index (κ2) is 6.75. The van der Waals surface area contributed by atoms with Crippen molar-refractivity contribution < 1.29 is 9.21 Å². The molecule has 0 unspecified atom stereocenters. The zero-order valence-electron chi connectivity index (χ0n) is 12.9. The van der Waals surface area contributed by atoms with Crippen LogP contribution in [0, 0.1) is 0 Å². The number of thioether (sulfide) groups is 1. The maximum absolute atomic E-state index is 12.0. The molecule has 1 amide bonds. The number of oxazole rings is 1. The van der Waals surface area contributed by atoms with Crippen molar-refractivity contribution in [1.29, 1.82) is 0 Å². The van der Waals surface area contributed by atoms with Crippen LogP contribution in [0.15, 0.2) is 58.2 Å². The molecule has 0 radical (unpaired) electrons. The number of anilines is 2. The lowest BCUT2D eigenvalue weighted by molar-refractivity contribution is -0.113. The van der Waals surface area contributed by atoms with E-state index in [4.69, 9.17) is 4.42 Å². The van der Waals surface area contributed by atoms with E-state index < -0.39 is 0 Å². The van der Waals surface area contributed by atoms with Crippen molar-refractivity contribution in [1.82, 2.24) is 4.98 Å². The van der Waals surface area contributed by atoms with Crippen LogP contribution < -0.4 is 10.2 Å². The van der Waals surface area contributed by atoms with E-state index in [1.54, 1.807) is 0 Å². The molecule has 0 aliphatic carbocycles. The monoisotopic (exact) mass is 327 g/mol. The van der Waals surface area contributed by atoms with Crippen LogP contribution in [-0.4, -0.2) is 30.7 Å². The lowest BCUT2D eigenvalue weighted by atomic mass is 10.2. The zero-order valence-corrected chi connectivity index (χ0v) is 13.8. The first-order valence-electron chi connectivity index (χ1n) is 7.17. The highest BCUT2D eigenvalue weighted by atomic mass is 32.2. The molecular weight excluding hydrogens is 310 g/mol. The topological polar surface area (TPSA) is 58.4 Å². The number of rotatable bonds is 5. The minimum atomic E-state index is -0.0881. The largest absolute Gasteiger partial charge is 0.431 e. The molecule has 0 saturated heterocycles. The fourth-order valence-electron chi connectivity index (χ4n) is 2.08. The molecule has 5 nitrogen and oxygen atoms in total. The first-order chi connectivity index (χ1) is 11.1. The average molecular weight is 327 g/mol. The minimum Gasteiger partial charge on any atom is -0.431 e. The summed E-state index contributed by atoms with van der Waals surface area (Å²) in [5, 5.41) is 3.37. The Kier molecular flexibility index (Phi) is 4.52. The third-order valence-corrected chi connectivity index (χ3v) is 4.10. The van der Waals surface area contributed by atoms with Crippen LogP contribution in [0.4, 0.5) is 11.4 Å². The van der Waals surface area contributed by atoms with E-state index in [1.807, 2.05) is 67.5 Å². The van der Waals surface area contributed by atoms with Crippen molar-refractivity contribution in [3.05, 3.63) is 48.5 Å². The van der Waals surface area contributed by atoms with Crippen LogP contribution in [0.2, 0.25) is 0 Å². The molecule has 1 N–H and O–H groups in total. The molecule has 3 rings (SSSR count). The SMILES string of the molecule is CN(C)c1ccc(NC(=O)CSc2nc3ccccc3o2)cc1. The fourth-order valence-corrected chi connectivity index (χ4v) is 2.72. The van der Waals surface area contributed by atoms with Crippen LogP contribution in [-0.2, 0) is 4.79 Å². The van der Waals surface area contributed by atoms with Crippen LogP contribution in [0.3, 0.4) is 0 Å². The van der Waals surface area contributed by atoms with Gasteiger partial charge >= 0.3 is 0 Å². The molecule has 1 aromatic heterocycles. The number of fused-ring (bicyclic) bond motifs is 1. The van der Waals surface area contributed by atoms with Gasteiger partial charge in [-0.2, -0.15) is 0 Å². The molecule has 0 bridgehead atoms. The van der Waals surface area contributed by atoms with Gasteiger partial charge in [0.05, 0.1) is 5.75 Å². The van der Waals surface area contributed by atoms with Gasteiger partial charge in [0.25, 0.3) is 5.22 Å². The Morgan fingerprint density at radius 1 is 1.17 bits per heavy atom. The van der Waals surface area contributed by atoms with Crippen LogP contribution in [0.25, 0.3) is 11.1 Å². The third kappa shape index (κ3) is 3.84. The van der Waals surface area contributed by atoms with Crippen LogP contribution in [0.5, 0.6) is 0 Å². The van der Waals surface area contributed by atoms with Crippen LogP contribution >= 0.6 is 11.8 Å². The van der Waals surface area contributed by atoms with E-state index in [2.05, 4.69) is 10.3 Å². The number of hydrogen-bond acceptors (Lipinski definition) is 5. The van der Waals surface area contributed by atoms with Crippen molar-refractivity contribution in [3.63, 3.8) is 0 Å². The van der Waals surface area contributed by atoms with Crippen molar-refractivity contribution in [2.75, 3.05) is 30.1 Å². The van der Waals surface area contributed by atoms with E-state index in [-0.39, 0.29) is 11.7 Å². The maximum atomic E-state index is 12.0. The molecule has 0 fully saturated rings. The van der Waals surface area contributed by atoms with E-state index in [9.17, 15) is 4.79 Å². The van der Waals surface area contributed by atoms with Crippen molar-refractivity contribution in [2.24, 2.45) is 0 Å². The van der Waals surface area contributed by atoms with Crippen molar-refractivity contribution in [2.45, 2.75) is 5.22 Å². The smallest absolute Gasteiger partial charge is 0.257 e. The predicted octanol–water partition coefficient (Wildman–Crippen LogP) is 3.62. The third-order valence-electron chi connectivity index (χ3n) is 3.27. The van der Waals surface area contributed by atoms with E-state index in [0.29, 0.717) is 5.22 Å². The highest BCUT2D eigenvalue weighted by Crippen LogP contribution is 2.23. The fraction of sp³-hybridized carbons (Fsp3) is 0.176. The van der Waals surface area contributed by atoms with E-state index in [1.165, 1.54) is 11.8 Å². The van der Waals surface area contributed by atoms with Gasteiger partial charge in [0.2, 0.25) is 5.91 Å². The van der Waals surface area contributed by atoms with Crippen molar-refractivity contribution >= 4 is 40.1 Å². The molecule has 1 heterocycles. The first-order valence-corrected chi connectivity index (χ1v) is 8.16. The number of aromatic nitrogens is 1. The van der Waals surface area contributed by atoms with Crippen molar-refractivity contribution in [3.8, 4) is 0 Å². The highest BCUT2D eigenvalue weighted by molar-refractivity contribution is 7.99. The Morgan fingerprint density at radius 2 is 1.91 bits per heavy atom. The van der Waals surface area contributed by atoms with Crippen LogP contribution in [0.1, 0.15) is 0 Å². The summed E-state index contributed by atoms with van der Waals surface area (Å²) in [6.07, 6.45) is 0. The molecule has 6 heteroatoms. The summed E-state index contributed by atoms with van der Waals surface area (Å²) >= 11 is 1.28. The Hall–Kier alpha value is -2.47. The number of amides is 1. The number of nitrogens with zero attached hydrogens (tertiary/aromatic N) is 2. The normalized spacial score (nSPS) is 10.7. The highest BCUT2D eigenvalue weighted by Gasteiger charge is 2.09. The molecule has 23 heavy (non-hydrogen) atoms. The number of para-hydroxylation sites is 2. The van der Waals surface area contributed by atoms with Gasteiger partial charge < -0.3 is 14.6 Å². The Labute approximate surface area is 138 Å².